The molecule has 0 unspecified atom stereocenters. The fourth-order valence-corrected chi connectivity index (χ4v) is 2.84. The van der Waals surface area contributed by atoms with Crippen LogP contribution in [-0.4, -0.2) is 16.9 Å². The Morgan fingerprint density at radius 1 is 1.04 bits per heavy atom. The van der Waals surface area contributed by atoms with Gasteiger partial charge in [0.05, 0.1) is 21.7 Å². The van der Waals surface area contributed by atoms with Crippen molar-refractivity contribution in [3.05, 3.63) is 68.7 Å². The maximum Gasteiger partial charge on any atom is 0.271 e. The Labute approximate surface area is 164 Å². The predicted molar refractivity (Wildman–Crippen MR) is 108 cm³/mol. The lowest BCUT2D eigenvalue weighted by Crippen LogP contribution is -2.39. The van der Waals surface area contributed by atoms with Crippen LogP contribution >= 0.6 is 11.6 Å². The third-order valence-corrected chi connectivity index (χ3v) is 4.74. The average Bonchev–Trinajstić information content (AvgIpc) is 2.63. The number of nitrogens with zero attached hydrogens (tertiary/aromatic N) is 1. The first-order chi connectivity index (χ1) is 12.7. The molecular weight excluding hydrogens is 366 g/mol. The number of halogens is 1. The van der Waals surface area contributed by atoms with Gasteiger partial charge in [-0.2, -0.15) is 0 Å². The van der Waals surface area contributed by atoms with E-state index in [-0.39, 0.29) is 28.3 Å². The number of nitro groups is 1. The number of amides is 1. The van der Waals surface area contributed by atoms with Gasteiger partial charge in [-0.25, -0.2) is 0 Å². The van der Waals surface area contributed by atoms with Gasteiger partial charge in [-0.15, -0.1) is 0 Å². The Balaban J connectivity index is 2.03. The highest BCUT2D eigenvalue weighted by Crippen LogP contribution is 2.27. The average molecular weight is 390 g/mol. The molecule has 2 aromatic rings. The Bertz CT molecular complexity index is 822. The number of anilines is 1. The number of hydrogen-bond donors (Lipinski definition) is 2. The summed E-state index contributed by atoms with van der Waals surface area (Å²) in [5.41, 5.74) is 2.43. The fraction of sp³-hybridized carbons (Fsp3) is 0.350. The summed E-state index contributed by atoms with van der Waals surface area (Å²) in [6.07, 6.45) is 0. The Kier molecular flexibility index (Phi) is 6.93. The van der Waals surface area contributed by atoms with Gasteiger partial charge in [0, 0.05) is 18.2 Å². The molecule has 0 saturated carbocycles. The molecule has 0 aliphatic rings. The third-order valence-electron chi connectivity index (χ3n) is 4.42. The molecule has 1 amide bonds. The van der Waals surface area contributed by atoms with E-state index in [9.17, 15) is 14.9 Å². The van der Waals surface area contributed by atoms with E-state index in [0.717, 1.165) is 5.56 Å². The molecule has 6 nitrogen and oxygen atoms in total. The molecule has 2 N–H and O–H groups in total. The topological polar surface area (TPSA) is 84.3 Å². The van der Waals surface area contributed by atoms with Crippen LogP contribution in [0.5, 0.6) is 0 Å². The van der Waals surface area contributed by atoms with Crippen molar-refractivity contribution in [3.8, 4) is 0 Å². The zero-order valence-electron chi connectivity index (χ0n) is 15.8. The second-order valence-corrected chi connectivity index (χ2v) is 7.25. The van der Waals surface area contributed by atoms with Crippen LogP contribution in [0, 0.1) is 10.1 Å². The molecule has 144 valence electrons. The van der Waals surface area contributed by atoms with Crippen LogP contribution < -0.4 is 10.6 Å². The number of carbonyl (C=O) groups excluding carboxylic acids is 1. The van der Waals surface area contributed by atoms with E-state index in [1.165, 1.54) is 23.8 Å². The molecule has 0 bridgehead atoms. The Hall–Kier alpha value is -2.44. The smallest absolute Gasteiger partial charge is 0.271 e. The summed E-state index contributed by atoms with van der Waals surface area (Å²) < 4.78 is 0. The lowest BCUT2D eigenvalue weighted by Gasteiger charge is -2.20. The molecule has 0 fully saturated rings. The molecule has 2 aromatic carbocycles. The highest BCUT2D eigenvalue weighted by Gasteiger charge is 2.19. The molecule has 0 aliphatic heterocycles. The summed E-state index contributed by atoms with van der Waals surface area (Å²) in [4.78, 5) is 22.8. The molecule has 0 radical (unpaired) electrons. The first kappa shape index (κ1) is 20.9. The van der Waals surface area contributed by atoms with E-state index in [0.29, 0.717) is 5.92 Å². The van der Waals surface area contributed by atoms with Gasteiger partial charge < -0.3 is 5.32 Å². The summed E-state index contributed by atoms with van der Waals surface area (Å²) in [7, 11) is 0. The third kappa shape index (κ3) is 5.52. The molecular formula is C20H24ClN3O3. The van der Waals surface area contributed by atoms with Crippen LogP contribution in [-0.2, 0) is 4.79 Å². The summed E-state index contributed by atoms with van der Waals surface area (Å²) in [5, 5.41) is 17.0. The van der Waals surface area contributed by atoms with Gasteiger partial charge >= 0.3 is 0 Å². The molecule has 27 heavy (non-hydrogen) atoms. The minimum absolute atomic E-state index is 0.0347. The zero-order valence-corrected chi connectivity index (χ0v) is 16.6. The van der Waals surface area contributed by atoms with Crippen molar-refractivity contribution in [2.24, 2.45) is 0 Å². The Morgan fingerprint density at radius 3 is 2.19 bits per heavy atom. The van der Waals surface area contributed by atoms with Crippen LogP contribution in [0.15, 0.2) is 42.5 Å². The lowest BCUT2D eigenvalue weighted by molar-refractivity contribution is -0.384. The van der Waals surface area contributed by atoms with Gasteiger partial charge in [0.25, 0.3) is 5.69 Å². The quantitative estimate of drug-likeness (QED) is 0.512. The van der Waals surface area contributed by atoms with Crippen molar-refractivity contribution in [3.63, 3.8) is 0 Å². The van der Waals surface area contributed by atoms with Crippen LogP contribution in [0.4, 0.5) is 11.4 Å². The minimum atomic E-state index is -0.531. The van der Waals surface area contributed by atoms with Crippen molar-refractivity contribution < 1.29 is 9.72 Å². The lowest BCUT2D eigenvalue weighted by atomic mass is 9.99. The first-order valence-corrected chi connectivity index (χ1v) is 9.17. The summed E-state index contributed by atoms with van der Waals surface area (Å²) >= 11 is 6.03. The second-order valence-electron chi connectivity index (χ2n) is 6.84. The monoisotopic (exact) mass is 389 g/mol. The summed E-state index contributed by atoms with van der Waals surface area (Å²) in [6.45, 7) is 8.00. The molecule has 0 spiro atoms. The minimum Gasteiger partial charge on any atom is -0.323 e. The molecule has 0 aliphatic carbocycles. The number of rotatable bonds is 7. The van der Waals surface area contributed by atoms with E-state index in [1.54, 1.807) is 6.92 Å². The van der Waals surface area contributed by atoms with E-state index < -0.39 is 11.0 Å². The number of hydrogen-bond acceptors (Lipinski definition) is 4. The van der Waals surface area contributed by atoms with E-state index in [1.807, 2.05) is 6.92 Å². The second kappa shape index (κ2) is 8.97. The molecule has 7 heteroatoms. The zero-order chi connectivity index (χ0) is 20.1. The predicted octanol–water partition coefficient (Wildman–Crippen LogP) is 5.05. The molecule has 2 atom stereocenters. The van der Waals surface area contributed by atoms with Crippen LogP contribution in [0.2, 0.25) is 5.02 Å². The molecule has 2 rings (SSSR count). The van der Waals surface area contributed by atoms with Gasteiger partial charge in [-0.3, -0.25) is 20.2 Å². The first-order valence-electron chi connectivity index (χ1n) is 8.79. The molecule has 0 aromatic heterocycles. The molecule has 0 saturated heterocycles. The van der Waals surface area contributed by atoms with E-state index >= 15 is 0 Å². The van der Waals surface area contributed by atoms with Gasteiger partial charge in [0.15, 0.2) is 0 Å². The highest BCUT2D eigenvalue weighted by atomic mass is 35.5. The SMILES string of the molecule is CC(C)c1ccc([C@H](C)N[C@@H](C)C(=O)Nc2cc([N+](=O)[O-])ccc2Cl)cc1. The van der Waals surface area contributed by atoms with Crippen LogP contribution in [0.3, 0.4) is 0 Å². The van der Waals surface area contributed by atoms with Crippen molar-refractivity contribution in [1.82, 2.24) is 5.32 Å². The standard InChI is InChI=1S/C20H24ClN3O3/c1-12(2)15-5-7-16(8-6-15)13(3)22-14(4)20(25)23-19-11-17(24(26)27)9-10-18(19)21/h5-14,22H,1-4H3,(H,23,25)/t13-,14-/m0/s1. The van der Waals surface area contributed by atoms with Gasteiger partial charge in [0.2, 0.25) is 5.91 Å². The normalized spacial score (nSPS) is 13.3. The maximum absolute atomic E-state index is 12.5. The largest absolute Gasteiger partial charge is 0.323 e. The number of nitrogens with one attached hydrogen (secondary N) is 2. The van der Waals surface area contributed by atoms with Crippen molar-refractivity contribution in [2.75, 3.05) is 5.32 Å². The number of nitro benzene ring substituents is 1. The van der Waals surface area contributed by atoms with Gasteiger partial charge in [-0.1, -0.05) is 49.7 Å². The highest BCUT2D eigenvalue weighted by molar-refractivity contribution is 6.33. The summed E-state index contributed by atoms with van der Waals surface area (Å²) in [6, 6.07) is 11.7. The van der Waals surface area contributed by atoms with Gasteiger partial charge in [0.1, 0.15) is 0 Å². The fourth-order valence-electron chi connectivity index (χ4n) is 2.68. The van der Waals surface area contributed by atoms with Gasteiger partial charge in [-0.05, 0) is 37.0 Å². The maximum atomic E-state index is 12.5. The number of non-ortho nitro benzene ring substituents is 1. The summed E-state index contributed by atoms with van der Waals surface area (Å²) in [5.74, 6) is 0.148. The Morgan fingerprint density at radius 2 is 1.63 bits per heavy atom. The molecule has 0 heterocycles. The van der Waals surface area contributed by atoms with Crippen molar-refractivity contribution >= 4 is 28.9 Å². The van der Waals surface area contributed by atoms with E-state index in [2.05, 4.69) is 48.7 Å². The van der Waals surface area contributed by atoms with Crippen LogP contribution in [0.25, 0.3) is 0 Å². The number of benzene rings is 2. The van der Waals surface area contributed by atoms with Crippen molar-refractivity contribution in [1.29, 1.82) is 0 Å². The number of carbonyl (C=O) groups is 1. The van der Waals surface area contributed by atoms with E-state index in [4.69, 9.17) is 11.6 Å². The van der Waals surface area contributed by atoms with Crippen LogP contribution in [0.1, 0.15) is 50.8 Å². The van der Waals surface area contributed by atoms with Crippen molar-refractivity contribution in [2.45, 2.75) is 45.7 Å².